The Kier molecular flexibility index (Phi) is 3.67. The molecule has 2 aromatic rings. The van der Waals surface area contributed by atoms with E-state index in [0.717, 1.165) is 5.56 Å². The summed E-state index contributed by atoms with van der Waals surface area (Å²) in [6.45, 7) is 0.460. The van der Waals surface area contributed by atoms with Crippen molar-refractivity contribution in [1.29, 1.82) is 0 Å². The van der Waals surface area contributed by atoms with E-state index in [0.29, 0.717) is 6.54 Å². The molecular formula is C12H10ClN3O. The molecule has 17 heavy (non-hydrogen) atoms. The topological polar surface area (TPSA) is 54.9 Å². The molecule has 1 N–H and O–H groups in total. The van der Waals surface area contributed by atoms with E-state index in [1.807, 2.05) is 30.3 Å². The zero-order valence-corrected chi connectivity index (χ0v) is 9.69. The highest BCUT2D eigenvalue weighted by Crippen LogP contribution is 2.02. The largest absolute Gasteiger partial charge is 0.347 e. The van der Waals surface area contributed by atoms with Gasteiger partial charge in [-0.15, -0.1) is 0 Å². The molecule has 1 aromatic heterocycles. The molecular weight excluding hydrogens is 238 g/mol. The molecule has 0 spiro atoms. The molecule has 0 fully saturated rings. The summed E-state index contributed by atoms with van der Waals surface area (Å²) in [7, 11) is 0. The van der Waals surface area contributed by atoms with Gasteiger partial charge in [0, 0.05) is 12.7 Å². The highest BCUT2D eigenvalue weighted by Gasteiger charge is 2.07. The number of amides is 1. The fraction of sp³-hybridized carbons (Fsp3) is 0.0833. The molecule has 5 heteroatoms. The number of aromatic nitrogens is 2. The van der Waals surface area contributed by atoms with E-state index in [4.69, 9.17) is 11.6 Å². The van der Waals surface area contributed by atoms with Gasteiger partial charge < -0.3 is 5.32 Å². The molecule has 1 heterocycles. The van der Waals surface area contributed by atoms with Gasteiger partial charge in [0.25, 0.3) is 5.91 Å². The van der Waals surface area contributed by atoms with Gasteiger partial charge in [-0.05, 0) is 23.2 Å². The van der Waals surface area contributed by atoms with Crippen molar-refractivity contribution in [3.8, 4) is 0 Å². The summed E-state index contributed by atoms with van der Waals surface area (Å²) in [6, 6.07) is 11.2. The summed E-state index contributed by atoms with van der Waals surface area (Å²) in [5.74, 6) is -0.266. The molecule has 0 bridgehead atoms. The number of carbonyl (C=O) groups is 1. The van der Waals surface area contributed by atoms with Crippen LogP contribution in [-0.2, 0) is 6.54 Å². The molecule has 86 valence electrons. The lowest BCUT2D eigenvalue weighted by Crippen LogP contribution is -2.23. The third kappa shape index (κ3) is 3.26. The SMILES string of the molecule is O=C(NCc1ccccc1)c1ccnc(Cl)n1. The number of nitrogens with one attached hydrogen (secondary N) is 1. The lowest BCUT2D eigenvalue weighted by Gasteiger charge is -2.04. The first-order valence-electron chi connectivity index (χ1n) is 5.06. The van der Waals surface area contributed by atoms with E-state index in [1.54, 1.807) is 0 Å². The van der Waals surface area contributed by atoms with Crippen LogP contribution in [0, 0.1) is 0 Å². The van der Waals surface area contributed by atoms with Crippen LogP contribution in [0.15, 0.2) is 42.6 Å². The second-order valence-electron chi connectivity index (χ2n) is 3.38. The Morgan fingerprint density at radius 2 is 2.00 bits per heavy atom. The van der Waals surface area contributed by atoms with E-state index in [1.165, 1.54) is 12.3 Å². The quantitative estimate of drug-likeness (QED) is 0.845. The molecule has 0 saturated carbocycles. The maximum Gasteiger partial charge on any atom is 0.270 e. The molecule has 0 unspecified atom stereocenters. The second kappa shape index (κ2) is 5.41. The van der Waals surface area contributed by atoms with E-state index in [9.17, 15) is 4.79 Å². The van der Waals surface area contributed by atoms with E-state index in [2.05, 4.69) is 15.3 Å². The first kappa shape index (κ1) is 11.5. The number of hydrogen-bond acceptors (Lipinski definition) is 3. The first-order valence-corrected chi connectivity index (χ1v) is 5.44. The molecule has 1 amide bonds. The highest BCUT2D eigenvalue weighted by molar-refractivity contribution is 6.28. The van der Waals surface area contributed by atoms with Crippen molar-refractivity contribution < 1.29 is 4.79 Å². The highest BCUT2D eigenvalue weighted by atomic mass is 35.5. The van der Waals surface area contributed by atoms with Crippen molar-refractivity contribution in [3.63, 3.8) is 0 Å². The number of hydrogen-bond donors (Lipinski definition) is 1. The summed E-state index contributed by atoms with van der Waals surface area (Å²) in [6.07, 6.45) is 1.45. The summed E-state index contributed by atoms with van der Waals surface area (Å²) in [4.78, 5) is 19.3. The van der Waals surface area contributed by atoms with Gasteiger partial charge in [-0.2, -0.15) is 0 Å². The van der Waals surface area contributed by atoms with Crippen LogP contribution in [-0.4, -0.2) is 15.9 Å². The molecule has 0 aliphatic heterocycles. The van der Waals surface area contributed by atoms with E-state index in [-0.39, 0.29) is 16.9 Å². The number of benzene rings is 1. The van der Waals surface area contributed by atoms with Gasteiger partial charge in [-0.3, -0.25) is 4.79 Å². The Hall–Kier alpha value is -1.94. The van der Waals surface area contributed by atoms with Gasteiger partial charge in [0.05, 0.1) is 0 Å². The maximum absolute atomic E-state index is 11.7. The maximum atomic E-state index is 11.7. The molecule has 0 saturated heterocycles. The van der Waals surface area contributed by atoms with Crippen LogP contribution in [0.4, 0.5) is 0 Å². The number of carbonyl (C=O) groups excluding carboxylic acids is 1. The van der Waals surface area contributed by atoms with Crippen molar-refractivity contribution in [2.75, 3.05) is 0 Å². The van der Waals surface area contributed by atoms with Crippen LogP contribution in [0.5, 0.6) is 0 Å². The number of nitrogens with zero attached hydrogens (tertiary/aromatic N) is 2. The van der Waals surface area contributed by atoms with Crippen LogP contribution in [0.3, 0.4) is 0 Å². The average Bonchev–Trinajstić information content (AvgIpc) is 2.37. The Morgan fingerprint density at radius 1 is 1.24 bits per heavy atom. The van der Waals surface area contributed by atoms with Gasteiger partial charge in [0.15, 0.2) is 0 Å². The van der Waals surface area contributed by atoms with Crippen molar-refractivity contribution in [3.05, 3.63) is 59.1 Å². The summed E-state index contributed by atoms with van der Waals surface area (Å²) in [5.41, 5.74) is 1.29. The lowest BCUT2D eigenvalue weighted by molar-refractivity contribution is 0.0945. The normalized spacial score (nSPS) is 9.94. The van der Waals surface area contributed by atoms with Crippen LogP contribution in [0.2, 0.25) is 5.28 Å². The molecule has 4 nitrogen and oxygen atoms in total. The Labute approximate surface area is 104 Å². The second-order valence-corrected chi connectivity index (χ2v) is 3.72. The van der Waals surface area contributed by atoms with Crippen molar-refractivity contribution >= 4 is 17.5 Å². The molecule has 2 rings (SSSR count). The monoisotopic (exact) mass is 247 g/mol. The summed E-state index contributed by atoms with van der Waals surface area (Å²) < 4.78 is 0. The van der Waals surface area contributed by atoms with Gasteiger partial charge in [0.2, 0.25) is 5.28 Å². The average molecular weight is 248 g/mol. The standard InChI is InChI=1S/C12H10ClN3O/c13-12-14-7-6-10(16-12)11(17)15-8-9-4-2-1-3-5-9/h1-7H,8H2,(H,15,17). The Bertz CT molecular complexity index is 516. The van der Waals surface area contributed by atoms with Crippen LogP contribution >= 0.6 is 11.6 Å². The molecule has 1 aromatic carbocycles. The minimum Gasteiger partial charge on any atom is -0.347 e. The fourth-order valence-electron chi connectivity index (χ4n) is 1.33. The zero-order chi connectivity index (χ0) is 12.1. The zero-order valence-electron chi connectivity index (χ0n) is 8.93. The van der Waals surface area contributed by atoms with Gasteiger partial charge in [-0.1, -0.05) is 30.3 Å². The Balaban J connectivity index is 1.98. The molecule has 0 aliphatic rings. The first-order chi connectivity index (χ1) is 8.25. The van der Waals surface area contributed by atoms with Gasteiger partial charge >= 0.3 is 0 Å². The van der Waals surface area contributed by atoms with E-state index >= 15 is 0 Å². The summed E-state index contributed by atoms with van der Waals surface area (Å²) >= 11 is 5.60. The van der Waals surface area contributed by atoms with Crippen molar-refractivity contribution in [1.82, 2.24) is 15.3 Å². The Morgan fingerprint density at radius 3 is 2.71 bits per heavy atom. The molecule has 0 radical (unpaired) electrons. The third-order valence-corrected chi connectivity index (χ3v) is 2.34. The molecule has 0 atom stereocenters. The summed E-state index contributed by atoms with van der Waals surface area (Å²) in [5, 5.41) is 2.82. The van der Waals surface area contributed by atoms with Crippen molar-refractivity contribution in [2.45, 2.75) is 6.54 Å². The smallest absolute Gasteiger partial charge is 0.270 e. The van der Waals surface area contributed by atoms with Crippen LogP contribution in [0.1, 0.15) is 16.1 Å². The van der Waals surface area contributed by atoms with Crippen LogP contribution in [0.25, 0.3) is 0 Å². The lowest BCUT2D eigenvalue weighted by atomic mass is 10.2. The van der Waals surface area contributed by atoms with Crippen LogP contribution < -0.4 is 5.32 Å². The number of halogens is 1. The predicted octanol–water partition coefficient (Wildman–Crippen LogP) is 2.06. The van der Waals surface area contributed by atoms with Gasteiger partial charge in [-0.25, -0.2) is 9.97 Å². The fourth-order valence-corrected chi connectivity index (χ4v) is 1.48. The third-order valence-electron chi connectivity index (χ3n) is 2.15. The minimum absolute atomic E-state index is 0.0670. The van der Waals surface area contributed by atoms with E-state index < -0.39 is 0 Å². The minimum atomic E-state index is -0.266. The predicted molar refractivity (Wildman–Crippen MR) is 64.7 cm³/mol. The van der Waals surface area contributed by atoms with Crippen molar-refractivity contribution in [2.24, 2.45) is 0 Å². The number of rotatable bonds is 3. The van der Waals surface area contributed by atoms with Gasteiger partial charge in [0.1, 0.15) is 5.69 Å². The molecule has 0 aliphatic carbocycles.